The minimum absolute atomic E-state index is 0.146. The lowest BCUT2D eigenvalue weighted by molar-refractivity contribution is 0.0853. The Hall–Kier alpha value is -1.01. The van der Waals surface area contributed by atoms with E-state index in [-0.39, 0.29) is 12.0 Å². The Kier molecular flexibility index (Phi) is 3.84. The van der Waals surface area contributed by atoms with E-state index in [1.807, 2.05) is 0 Å². The Bertz CT molecular complexity index is 363. The zero-order valence-electron chi connectivity index (χ0n) is 8.65. The van der Waals surface area contributed by atoms with Crippen molar-refractivity contribution in [3.8, 4) is 0 Å². The quantitative estimate of drug-likeness (QED) is 0.905. The Labute approximate surface area is 102 Å². The van der Waals surface area contributed by atoms with Crippen molar-refractivity contribution < 1.29 is 9.53 Å². The third-order valence-corrected chi connectivity index (χ3v) is 2.78. The molecule has 1 aliphatic heterocycles. The summed E-state index contributed by atoms with van der Waals surface area (Å²) >= 11 is 3.16. The minimum atomic E-state index is -0.212. The van der Waals surface area contributed by atoms with Crippen molar-refractivity contribution in [1.29, 1.82) is 0 Å². The second kappa shape index (κ2) is 5.36. The van der Waals surface area contributed by atoms with Crippen LogP contribution in [0.3, 0.4) is 0 Å². The van der Waals surface area contributed by atoms with Crippen molar-refractivity contribution in [3.63, 3.8) is 0 Å². The summed E-state index contributed by atoms with van der Waals surface area (Å²) in [7, 11) is 0. The molecule has 1 saturated heterocycles. The molecule has 0 spiro atoms. The smallest absolute Gasteiger partial charge is 0.271 e. The van der Waals surface area contributed by atoms with Crippen LogP contribution in [0.15, 0.2) is 17.0 Å². The molecule has 0 radical (unpaired) electrons. The molecule has 1 unspecified atom stereocenters. The highest BCUT2D eigenvalue weighted by atomic mass is 79.9. The fourth-order valence-corrected chi connectivity index (χ4v) is 1.74. The van der Waals surface area contributed by atoms with Gasteiger partial charge < -0.3 is 10.1 Å². The van der Waals surface area contributed by atoms with Gasteiger partial charge in [0.05, 0.1) is 18.5 Å². The Morgan fingerprint density at radius 2 is 2.44 bits per heavy atom. The summed E-state index contributed by atoms with van der Waals surface area (Å²) in [5.41, 5.74) is 0.321. The van der Waals surface area contributed by atoms with E-state index in [1.54, 1.807) is 0 Å². The number of aromatic nitrogens is 2. The largest absolute Gasteiger partial charge is 0.376 e. The van der Waals surface area contributed by atoms with Gasteiger partial charge in [0.15, 0.2) is 0 Å². The second-order valence-corrected chi connectivity index (χ2v) is 4.38. The van der Waals surface area contributed by atoms with Crippen LogP contribution < -0.4 is 5.32 Å². The molecule has 1 aromatic heterocycles. The standard InChI is InChI=1S/C10H12BrN3O2/c11-9-6-12-8(5-13-9)10(15)14-4-7-2-1-3-16-7/h5-7H,1-4H2,(H,14,15). The predicted octanol–water partition coefficient (Wildman–Crippen LogP) is 1.15. The second-order valence-electron chi connectivity index (χ2n) is 3.57. The number of amides is 1. The third-order valence-electron chi connectivity index (χ3n) is 2.37. The number of carbonyl (C=O) groups excluding carboxylic acids is 1. The van der Waals surface area contributed by atoms with Gasteiger partial charge in [0.1, 0.15) is 10.3 Å². The molecular formula is C10H12BrN3O2. The summed E-state index contributed by atoms with van der Waals surface area (Å²) in [6.45, 7) is 1.33. The molecule has 1 aromatic rings. The summed E-state index contributed by atoms with van der Waals surface area (Å²) in [5, 5.41) is 2.78. The molecule has 2 heterocycles. The zero-order chi connectivity index (χ0) is 11.4. The maximum absolute atomic E-state index is 11.6. The molecule has 86 valence electrons. The fraction of sp³-hybridized carbons (Fsp3) is 0.500. The molecule has 0 aliphatic carbocycles. The van der Waals surface area contributed by atoms with Gasteiger partial charge in [-0.3, -0.25) is 4.79 Å². The van der Waals surface area contributed by atoms with Gasteiger partial charge in [0.25, 0.3) is 5.91 Å². The molecule has 1 N–H and O–H groups in total. The van der Waals surface area contributed by atoms with Crippen LogP contribution in [0.4, 0.5) is 0 Å². The van der Waals surface area contributed by atoms with E-state index in [2.05, 4.69) is 31.2 Å². The van der Waals surface area contributed by atoms with Crippen molar-refractivity contribution in [1.82, 2.24) is 15.3 Å². The van der Waals surface area contributed by atoms with E-state index in [0.29, 0.717) is 16.8 Å². The predicted molar refractivity (Wildman–Crippen MR) is 61.0 cm³/mol. The van der Waals surface area contributed by atoms with Crippen LogP contribution in [-0.2, 0) is 4.74 Å². The summed E-state index contributed by atoms with van der Waals surface area (Å²) < 4.78 is 6.01. The molecule has 6 heteroatoms. The maximum Gasteiger partial charge on any atom is 0.271 e. The Balaban J connectivity index is 1.85. The maximum atomic E-state index is 11.6. The average Bonchev–Trinajstić information content (AvgIpc) is 2.80. The molecule has 2 rings (SSSR count). The molecule has 5 nitrogen and oxygen atoms in total. The molecule has 1 atom stereocenters. The SMILES string of the molecule is O=C(NCC1CCCO1)c1cnc(Br)cn1. The summed E-state index contributed by atoms with van der Waals surface area (Å²) in [6.07, 6.45) is 5.16. The van der Waals surface area contributed by atoms with Crippen LogP contribution in [0.5, 0.6) is 0 Å². The van der Waals surface area contributed by atoms with Crippen molar-refractivity contribution >= 4 is 21.8 Å². The first-order valence-corrected chi connectivity index (χ1v) is 5.92. The number of rotatable bonds is 3. The van der Waals surface area contributed by atoms with Crippen molar-refractivity contribution in [2.75, 3.05) is 13.2 Å². The lowest BCUT2D eigenvalue weighted by Gasteiger charge is -2.09. The van der Waals surface area contributed by atoms with Gasteiger partial charge in [0.2, 0.25) is 0 Å². The van der Waals surface area contributed by atoms with E-state index < -0.39 is 0 Å². The highest BCUT2D eigenvalue weighted by molar-refractivity contribution is 9.10. The minimum Gasteiger partial charge on any atom is -0.376 e. The van der Waals surface area contributed by atoms with Crippen LogP contribution in [0.25, 0.3) is 0 Å². The van der Waals surface area contributed by atoms with Gasteiger partial charge in [0, 0.05) is 13.2 Å². The molecule has 1 amide bonds. The van der Waals surface area contributed by atoms with E-state index >= 15 is 0 Å². The number of nitrogens with zero attached hydrogens (tertiary/aromatic N) is 2. The topological polar surface area (TPSA) is 64.1 Å². The summed E-state index contributed by atoms with van der Waals surface area (Å²) in [6, 6.07) is 0. The van der Waals surface area contributed by atoms with Gasteiger partial charge in [-0.1, -0.05) is 0 Å². The Morgan fingerprint density at radius 1 is 1.56 bits per heavy atom. The zero-order valence-corrected chi connectivity index (χ0v) is 10.2. The molecule has 1 fully saturated rings. The highest BCUT2D eigenvalue weighted by Crippen LogP contribution is 2.10. The van der Waals surface area contributed by atoms with Crippen LogP contribution in [0.1, 0.15) is 23.3 Å². The number of ether oxygens (including phenoxy) is 1. The lowest BCUT2D eigenvalue weighted by Crippen LogP contribution is -2.32. The number of hydrogen-bond donors (Lipinski definition) is 1. The molecule has 16 heavy (non-hydrogen) atoms. The van der Waals surface area contributed by atoms with E-state index in [0.717, 1.165) is 19.4 Å². The van der Waals surface area contributed by atoms with Gasteiger partial charge in [-0.2, -0.15) is 0 Å². The number of carbonyl (C=O) groups is 1. The van der Waals surface area contributed by atoms with Crippen molar-refractivity contribution in [2.45, 2.75) is 18.9 Å². The van der Waals surface area contributed by atoms with Crippen LogP contribution in [0.2, 0.25) is 0 Å². The third kappa shape index (κ3) is 2.99. The van der Waals surface area contributed by atoms with Gasteiger partial charge >= 0.3 is 0 Å². The number of halogens is 1. The summed E-state index contributed by atoms with van der Waals surface area (Å²) in [4.78, 5) is 19.5. The van der Waals surface area contributed by atoms with E-state index in [1.165, 1.54) is 12.4 Å². The molecule has 0 aromatic carbocycles. The van der Waals surface area contributed by atoms with Crippen molar-refractivity contribution in [2.24, 2.45) is 0 Å². The van der Waals surface area contributed by atoms with E-state index in [9.17, 15) is 4.79 Å². The molecule has 1 aliphatic rings. The molecule has 0 bridgehead atoms. The first kappa shape index (κ1) is 11.5. The van der Waals surface area contributed by atoms with Crippen molar-refractivity contribution in [3.05, 3.63) is 22.7 Å². The van der Waals surface area contributed by atoms with Crippen LogP contribution in [0, 0.1) is 0 Å². The first-order chi connectivity index (χ1) is 7.75. The molecular weight excluding hydrogens is 274 g/mol. The van der Waals surface area contributed by atoms with Gasteiger partial charge in [-0.25, -0.2) is 9.97 Å². The van der Waals surface area contributed by atoms with Crippen LogP contribution >= 0.6 is 15.9 Å². The number of nitrogens with one attached hydrogen (secondary N) is 1. The van der Waals surface area contributed by atoms with Gasteiger partial charge in [-0.05, 0) is 28.8 Å². The van der Waals surface area contributed by atoms with Gasteiger partial charge in [-0.15, -0.1) is 0 Å². The fourth-order valence-electron chi connectivity index (χ4n) is 1.53. The van der Waals surface area contributed by atoms with Crippen LogP contribution in [-0.4, -0.2) is 35.1 Å². The average molecular weight is 286 g/mol. The highest BCUT2D eigenvalue weighted by Gasteiger charge is 2.17. The Morgan fingerprint density at radius 3 is 3.06 bits per heavy atom. The first-order valence-electron chi connectivity index (χ1n) is 5.13. The normalized spacial score (nSPS) is 19.7. The lowest BCUT2D eigenvalue weighted by atomic mass is 10.2. The monoisotopic (exact) mass is 285 g/mol. The molecule has 0 saturated carbocycles. The van der Waals surface area contributed by atoms with E-state index in [4.69, 9.17) is 4.74 Å². The number of hydrogen-bond acceptors (Lipinski definition) is 4. The summed E-state index contributed by atoms with van der Waals surface area (Å²) in [5.74, 6) is -0.212.